The van der Waals surface area contributed by atoms with Gasteiger partial charge in [-0.25, -0.2) is 4.98 Å². The van der Waals surface area contributed by atoms with Gasteiger partial charge in [0.1, 0.15) is 5.82 Å². The van der Waals surface area contributed by atoms with Crippen molar-refractivity contribution in [1.29, 1.82) is 0 Å². The molecule has 0 bridgehead atoms. The Hall–Kier alpha value is -1.13. The minimum atomic E-state index is 0.580. The number of rotatable bonds is 4. The molecule has 0 radical (unpaired) electrons. The van der Waals surface area contributed by atoms with Crippen LogP contribution in [0.25, 0.3) is 0 Å². The van der Waals surface area contributed by atoms with Gasteiger partial charge in [0.2, 0.25) is 0 Å². The van der Waals surface area contributed by atoms with E-state index in [1.165, 1.54) is 5.56 Å². The summed E-state index contributed by atoms with van der Waals surface area (Å²) in [5, 5.41) is 0. The van der Waals surface area contributed by atoms with Crippen LogP contribution in [-0.4, -0.2) is 31.3 Å². The lowest BCUT2D eigenvalue weighted by Gasteiger charge is -2.28. The van der Waals surface area contributed by atoms with Crippen LogP contribution in [0.5, 0.6) is 0 Å². The number of hydrogen-bond acceptors (Lipinski definition) is 4. The van der Waals surface area contributed by atoms with E-state index in [1.807, 2.05) is 0 Å². The van der Waals surface area contributed by atoms with Gasteiger partial charge in [0.15, 0.2) is 0 Å². The highest BCUT2D eigenvalue weighted by atomic mass is 16.5. The molecule has 0 saturated carbocycles. The summed E-state index contributed by atoms with van der Waals surface area (Å²) in [5.41, 5.74) is 8.06. The normalized spacial score (nSPS) is 16.2. The van der Waals surface area contributed by atoms with Gasteiger partial charge in [-0.3, -0.25) is 0 Å². The maximum absolute atomic E-state index is 5.74. The van der Waals surface area contributed by atoms with Crippen LogP contribution in [-0.2, 0) is 17.7 Å². The van der Waals surface area contributed by atoms with Gasteiger partial charge in [-0.15, -0.1) is 0 Å². The molecule has 0 atom stereocenters. The summed E-state index contributed by atoms with van der Waals surface area (Å²) >= 11 is 0. The van der Waals surface area contributed by atoms with Crippen molar-refractivity contribution in [3.8, 4) is 0 Å². The number of hydrogen-bond donors (Lipinski definition) is 1. The number of pyridine rings is 1. The predicted molar refractivity (Wildman–Crippen MR) is 69.2 cm³/mol. The molecule has 17 heavy (non-hydrogen) atoms. The Morgan fingerprint density at radius 2 is 2.12 bits per heavy atom. The lowest BCUT2D eigenvalue weighted by atomic mass is 10.1. The number of ether oxygens (including phenoxy) is 1. The van der Waals surface area contributed by atoms with Gasteiger partial charge >= 0.3 is 0 Å². The summed E-state index contributed by atoms with van der Waals surface area (Å²) in [5.74, 6) is 1.06. The number of aromatic nitrogens is 1. The topological polar surface area (TPSA) is 51.4 Å². The van der Waals surface area contributed by atoms with E-state index in [1.54, 1.807) is 0 Å². The summed E-state index contributed by atoms with van der Waals surface area (Å²) < 4.78 is 5.36. The van der Waals surface area contributed by atoms with Crippen LogP contribution in [0.15, 0.2) is 12.1 Å². The molecule has 1 aliphatic rings. The van der Waals surface area contributed by atoms with E-state index in [2.05, 4.69) is 24.0 Å². The average molecular weight is 235 g/mol. The first kappa shape index (κ1) is 12.3. The number of nitrogens with zero attached hydrogens (tertiary/aromatic N) is 2. The Labute approximate surface area is 103 Å². The molecule has 0 amide bonds. The van der Waals surface area contributed by atoms with Crippen molar-refractivity contribution in [1.82, 2.24) is 4.98 Å². The Morgan fingerprint density at radius 1 is 1.35 bits per heavy atom. The van der Waals surface area contributed by atoms with Gasteiger partial charge in [-0.05, 0) is 24.1 Å². The molecule has 0 aromatic carbocycles. The van der Waals surface area contributed by atoms with Crippen LogP contribution in [0.2, 0.25) is 0 Å². The average Bonchev–Trinajstić information content (AvgIpc) is 2.40. The van der Waals surface area contributed by atoms with Crippen LogP contribution < -0.4 is 10.6 Å². The highest BCUT2D eigenvalue weighted by Crippen LogP contribution is 2.17. The van der Waals surface area contributed by atoms with Gasteiger partial charge < -0.3 is 15.4 Å². The first-order valence-corrected chi connectivity index (χ1v) is 6.36. The van der Waals surface area contributed by atoms with Crippen molar-refractivity contribution >= 4 is 5.82 Å². The minimum absolute atomic E-state index is 0.580. The van der Waals surface area contributed by atoms with Crippen LogP contribution in [0.4, 0.5) is 5.82 Å². The molecule has 4 nitrogen and oxygen atoms in total. The number of nitrogens with two attached hydrogens (primary N) is 1. The molecular weight excluding hydrogens is 214 g/mol. The second-order valence-corrected chi connectivity index (χ2v) is 4.38. The first-order chi connectivity index (χ1) is 8.33. The summed E-state index contributed by atoms with van der Waals surface area (Å²) in [6.45, 7) is 6.18. The highest BCUT2D eigenvalue weighted by molar-refractivity contribution is 5.43. The van der Waals surface area contributed by atoms with Crippen molar-refractivity contribution in [2.45, 2.75) is 26.3 Å². The summed E-state index contributed by atoms with van der Waals surface area (Å²) in [4.78, 5) is 6.99. The van der Waals surface area contributed by atoms with E-state index in [9.17, 15) is 0 Å². The zero-order chi connectivity index (χ0) is 12.1. The van der Waals surface area contributed by atoms with Crippen molar-refractivity contribution < 1.29 is 4.74 Å². The van der Waals surface area contributed by atoms with E-state index < -0.39 is 0 Å². The fourth-order valence-corrected chi connectivity index (χ4v) is 2.09. The van der Waals surface area contributed by atoms with E-state index in [0.717, 1.165) is 50.7 Å². The molecule has 2 N–H and O–H groups in total. The molecule has 1 aliphatic heterocycles. The fraction of sp³-hybridized carbons (Fsp3) is 0.615. The molecule has 1 aromatic heterocycles. The molecule has 2 rings (SSSR count). The maximum atomic E-state index is 5.74. The Balaban J connectivity index is 2.21. The minimum Gasteiger partial charge on any atom is -0.378 e. The maximum Gasteiger partial charge on any atom is 0.129 e. The van der Waals surface area contributed by atoms with Gasteiger partial charge in [0, 0.05) is 25.3 Å². The monoisotopic (exact) mass is 235 g/mol. The third-order valence-corrected chi connectivity index (χ3v) is 3.00. The number of morpholine rings is 1. The fourth-order valence-electron chi connectivity index (χ4n) is 2.09. The van der Waals surface area contributed by atoms with Crippen LogP contribution in [0, 0.1) is 0 Å². The molecule has 4 heteroatoms. The molecule has 2 heterocycles. The molecule has 1 fully saturated rings. The molecule has 0 aliphatic carbocycles. The Bertz CT molecular complexity index is 362. The van der Waals surface area contributed by atoms with Gasteiger partial charge in [-0.2, -0.15) is 0 Å². The molecule has 0 unspecified atom stereocenters. The van der Waals surface area contributed by atoms with E-state index in [0.29, 0.717) is 6.54 Å². The molecule has 0 spiro atoms. The van der Waals surface area contributed by atoms with Crippen molar-refractivity contribution in [3.63, 3.8) is 0 Å². The zero-order valence-electron chi connectivity index (χ0n) is 10.5. The third-order valence-electron chi connectivity index (χ3n) is 3.00. The smallest absolute Gasteiger partial charge is 0.129 e. The summed E-state index contributed by atoms with van der Waals surface area (Å²) in [6.07, 6.45) is 2.13. The lowest BCUT2D eigenvalue weighted by Crippen LogP contribution is -2.37. The van der Waals surface area contributed by atoms with E-state index in [4.69, 9.17) is 15.5 Å². The molecule has 1 saturated heterocycles. The van der Waals surface area contributed by atoms with Gasteiger partial charge in [0.25, 0.3) is 0 Å². The SMILES string of the molecule is CCCc1cc(CN)cc(N2CCOCC2)n1. The predicted octanol–water partition coefficient (Wildman–Crippen LogP) is 1.33. The van der Waals surface area contributed by atoms with Crippen LogP contribution >= 0.6 is 0 Å². The van der Waals surface area contributed by atoms with E-state index >= 15 is 0 Å². The van der Waals surface area contributed by atoms with Gasteiger partial charge in [0.05, 0.1) is 13.2 Å². The summed E-state index contributed by atoms with van der Waals surface area (Å²) in [6, 6.07) is 4.22. The van der Waals surface area contributed by atoms with Crippen LogP contribution in [0.3, 0.4) is 0 Å². The third kappa shape index (κ3) is 3.17. The Kier molecular flexibility index (Phi) is 4.34. The molecule has 1 aromatic rings. The number of aryl methyl sites for hydroxylation is 1. The standard InChI is InChI=1S/C13H21N3O/c1-2-3-12-8-11(10-14)9-13(15-12)16-4-6-17-7-5-16/h8-9H,2-7,10,14H2,1H3. The zero-order valence-corrected chi connectivity index (χ0v) is 10.5. The second-order valence-electron chi connectivity index (χ2n) is 4.38. The first-order valence-electron chi connectivity index (χ1n) is 6.36. The lowest BCUT2D eigenvalue weighted by molar-refractivity contribution is 0.122. The molecule has 94 valence electrons. The quantitative estimate of drug-likeness (QED) is 0.855. The van der Waals surface area contributed by atoms with Crippen LogP contribution in [0.1, 0.15) is 24.6 Å². The largest absolute Gasteiger partial charge is 0.378 e. The second kappa shape index (κ2) is 5.98. The van der Waals surface area contributed by atoms with Crippen molar-refractivity contribution in [2.24, 2.45) is 5.73 Å². The van der Waals surface area contributed by atoms with Gasteiger partial charge in [-0.1, -0.05) is 13.3 Å². The molecular formula is C13H21N3O. The summed E-state index contributed by atoms with van der Waals surface area (Å²) in [7, 11) is 0. The highest BCUT2D eigenvalue weighted by Gasteiger charge is 2.13. The Morgan fingerprint density at radius 3 is 2.76 bits per heavy atom. The van der Waals surface area contributed by atoms with Crippen molar-refractivity contribution in [3.05, 3.63) is 23.4 Å². The van der Waals surface area contributed by atoms with E-state index in [-0.39, 0.29) is 0 Å². The van der Waals surface area contributed by atoms with Crippen molar-refractivity contribution in [2.75, 3.05) is 31.2 Å². The number of anilines is 1.